The molecule has 80 valence electrons. The van der Waals surface area contributed by atoms with E-state index in [1.54, 1.807) is 0 Å². The maximum Gasteiger partial charge on any atom is 0.353 e. The summed E-state index contributed by atoms with van der Waals surface area (Å²) in [4.78, 5) is 0. The lowest BCUT2D eigenvalue weighted by Gasteiger charge is -2.23. The number of thioether (sulfide) groups is 2. The Bertz CT molecular complexity index is 163. The van der Waals surface area contributed by atoms with Crippen molar-refractivity contribution in [2.24, 2.45) is 0 Å². The van der Waals surface area contributed by atoms with Gasteiger partial charge in [0.15, 0.2) is 4.32 Å². The zero-order valence-electron chi connectivity index (χ0n) is 8.48. The molecule has 0 aliphatic rings. The minimum Gasteiger partial charge on any atom is -0.308 e. The molecule has 3 nitrogen and oxygen atoms in total. The van der Waals surface area contributed by atoms with Crippen molar-refractivity contribution in [2.75, 3.05) is 25.7 Å². The van der Waals surface area contributed by atoms with E-state index in [0.29, 0.717) is 13.2 Å². The van der Waals surface area contributed by atoms with Crippen LogP contribution in [-0.2, 0) is 13.6 Å². The fraction of sp³-hybridized carbons (Fsp3) is 1.00. The summed E-state index contributed by atoms with van der Waals surface area (Å²) in [6, 6.07) is 0. The van der Waals surface area contributed by atoms with Crippen LogP contribution >= 0.6 is 31.1 Å². The summed E-state index contributed by atoms with van der Waals surface area (Å²) in [5.41, 5.74) is 0. The third-order valence-corrected chi connectivity index (χ3v) is 7.81. The molecule has 0 aromatic carbocycles. The van der Waals surface area contributed by atoms with Crippen LogP contribution in [0.4, 0.5) is 0 Å². The van der Waals surface area contributed by atoms with Gasteiger partial charge in [0, 0.05) is 0 Å². The maximum atomic E-state index is 12.1. The van der Waals surface area contributed by atoms with Gasteiger partial charge >= 0.3 is 7.60 Å². The van der Waals surface area contributed by atoms with Crippen LogP contribution < -0.4 is 0 Å². The highest BCUT2D eigenvalue weighted by Crippen LogP contribution is 2.60. The summed E-state index contributed by atoms with van der Waals surface area (Å²) in [6.07, 6.45) is 3.82. The second-order valence-electron chi connectivity index (χ2n) is 2.15. The van der Waals surface area contributed by atoms with E-state index in [1.165, 1.54) is 23.5 Å². The lowest BCUT2D eigenvalue weighted by atomic mass is 10.9. The lowest BCUT2D eigenvalue weighted by molar-refractivity contribution is 0.222. The first-order chi connectivity index (χ1) is 6.14. The minimum absolute atomic E-state index is 0.118. The van der Waals surface area contributed by atoms with E-state index in [-0.39, 0.29) is 4.32 Å². The van der Waals surface area contributed by atoms with Crippen molar-refractivity contribution in [1.29, 1.82) is 0 Å². The van der Waals surface area contributed by atoms with Crippen molar-refractivity contribution in [3.05, 3.63) is 0 Å². The third-order valence-electron chi connectivity index (χ3n) is 1.28. The van der Waals surface area contributed by atoms with E-state index in [0.717, 1.165) is 0 Å². The molecule has 0 aromatic heterocycles. The van der Waals surface area contributed by atoms with Crippen LogP contribution in [0.1, 0.15) is 13.8 Å². The van der Waals surface area contributed by atoms with Crippen molar-refractivity contribution in [1.82, 2.24) is 0 Å². The molecule has 0 saturated heterocycles. The topological polar surface area (TPSA) is 35.5 Å². The second-order valence-corrected chi connectivity index (χ2v) is 7.15. The Morgan fingerprint density at radius 3 is 1.77 bits per heavy atom. The molecule has 0 rings (SSSR count). The quantitative estimate of drug-likeness (QED) is 0.507. The van der Waals surface area contributed by atoms with E-state index in [4.69, 9.17) is 9.05 Å². The zero-order chi connectivity index (χ0) is 10.3. The minimum atomic E-state index is -2.90. The van der Waals surface area contributed by atoms with Crippen molar-refractivity contribution in [3.8, 4) is 0 Å². The molecule has 0 N–H and O–H groups in total. The molecular weight excluding hydrogens is 227 g/mol. The molecule has 0 atom stereocenters. The highest BCUT2D eigenvalue weighted by atomic mass is 32.2. The summed E-state index contributed by atoms with van der Waals surface area (Å²) < 4.78 is 22.4. The lowest BCUT2D eigenvalue weighted by Crippen LogP contribution is -2.05. The van der Waals surface area contributed by atoms with Gasteiger partial charge in [-0.2, -0.15) is 0 Å². The Morgan fingerprint density at radius 1 is 1.15 bits per heavy atom. The molecule has 0 heterocycles. The van der Waals surface area contributed by atoms with E-state index in [1.807, 2.05) is 26.4 Å². The molecule has 6 heteroatoms. The molecule has 0 aromatic rings. The van der Waals surface area contributed by atoms with E-state index in [2.05, 4.69) is 0 Å². The van der Waals surface area contributed by atoms with Crippen LogP contribution in [0.3, 0.4) is 0 Å². The van der Waals surface area contributed by atoms with Crippen molar-refractivity contribution in [2.45, 2.75) is 18.2 Å². The summed E-state index contributed by atoms with van der Waals surface area (Å²) in [5, 5.41) is 0. The van der Waals surface area contributed by atoms with Crippen molar-refractivity contribution in [3.63, 3.8) is 0 Å². The van der Waals surface area contributed by atoms with Crippen molar-refractivity contribution >= 4 is 31.1 Å². The predicted molar refractivity (Wildman–Crippen MR) is 61.7 cm³/mol. The second kappa shape index (κ2) is 7.18. The van der Waals surface area contributed by atoms with Crippen LogP contribution in [0.2, 0.25) is 0 Å². The predicted octanol–water partition coefficient (Wildman–Crippen LogP) is 3.26. The third kappa shape index (κ3) is 4.26. The maximum absolute atomic E-state index is 12.1. The van der Waals surface area contributed by atoms with Gasteiger partial charge in [-0.15, -0.1) is 23.5 Å². The summed E-state index contributed by atoms with van der Waals surface area (Å²) in [5.74, 6) is 0. The monoisotopic (exact) mass is 244 g/mol. The van der Waals surface area contributed by atoms with Gasteiger partial charge in [0.2, 0.25) is 0 Å². The van der Waals surface area contributed by atoms with Gasteiger partial charge in [-0.25, -0.2) is 0 Å². The Hall–Kier alpha value is 0.850. The molecule has 0 radical (unpaired) electrons. The fourth-order valence-electron chi connectivity index (χ4n) is 0.873. The molecule has 0 unspecified atom stereocenters. The summed E-state index contributed by atoms with van der Waals surface area (Å²) in [6.45, 7) is 4.50. The normalized spacial score (nSPS) is 12.4. The van der Waals surface area contributed by atoms with E-state index in [9.17, 15) is 4.57 Å². The average Bonchev–Trinajstić information content (AvgIpc) is 2.07. The Kier molecular flexibility index (Phi) is 7.65. The SMILES string of the molecule is CCOP(=O)(OCC)C(SC)SC. The molecule has 0 fully saturated rings. The standard InChI is InChI=1S/C7H17O3PS2/c1-5-9-11(8,10-6-2)7(12-3)13-4/h7H,5-6H2,1-4H3. The number of hydrogen-bond donors (Lipinski definition) is 0. The van der Waals surface area contributed by atoms with Gasteiger partial charge < -0.3 is 9.05 Å². The molecule has 0 amide bonds. The van der Waals surface area contributed by atoms with Crippen LogP contribution in [-0.4, -0.2) is 30.0 Å². The van der Waals surface area contributed by atoms with E-state index >= 15 is 0 Å². The van der Waals surface area contributed by atoms with Crippen LogP contribution in [0, 0.1) is 0 Å². The van der Waals surface area contributed by atoms with Gasteiger partial charge in [-0.3, -0.25) is 4.57 Å². The summed E-state index contributed by atoms with van der Waals surface area (Å²) in [7, 11) is -2.90. The van der Waals surface area contributed by atoms with Crippen LogP contribution in [0.25, 0.3) is 0 Å². The molecule has 13 heavy (non-hydrogen) atoms. The Morgan fingerprint density at radius 2 is 1.54 bits per heavy atom. The molecule has 0 saturated carbocycles. The Labute approximate surface area is 88.9 Å². The first-order valence-corrected chi connectivity index (χ1v) is 8.27. The van der Waals surface area contributed by atoms with Gasteiger partial charge in [-0.1, -0.05) is 0 Å². The smallest absolute Gasteiger partial charge is 0.308 e. The molecule has 0 aliphatic heterocycles. The number of rotatable bonds is 7. The first kappa shape index (κ1) is 13.8. The van der Waals surface area contributed by atoms with Crippen molar-refractivity contribution < 1.29 is 13.6 Å². The average molecular weight is 244 g/mol. The first-order valence-electron chi connectivity index (χ1n) is 4.09. The zero-order valence-corrected chi connectivity index (χ0v) is 11.0. The van der Waals surface area contributed by atoms with Gasteiger partial charge in [0.05, 0.1) is 13.2 Å². The largest absolute Gasteiger partial charge is 0.353 e. The van der Waals surface area contributed by atoms with E-state index < -0.39 is 7.60 Å². The number of hydrogen-bond acceptors (Lipinski definition) is 5. The van der Waals surface area contributed by atoms with Gasteiger partial charge in [-0.05, 0) is 26.4 Å². The molecule has 0 bridgehead atoms. The molecular formula is C7H17O3PS2. The molecule has 0 aliphatic carbocycles. The summed E-state index contributed by atoms with van der Waals surface area (Å²) >= 11 is 3.01. The van der Waals surface area contributed by atoms with Gasteiger partial charge in [0.25, 0.3) is 0 Å². The Balaban J connectivity index is 4.44. The highest BCUT2D eigenvalue weighted by Gasteiger charge is 2.34. The van der Waals surface area contributed by atoms with Gasteiger partial charge in [0.1, 0.15) is 0 Å². The molecule has 0 spiro atoms. The fourth-order valence-corrected chi connectivity index (χ4v) is 5.48. The van der Waals surface area contributed by atoms with Crippen LogP contribution in [0.15, 0.2) is 0 Å². The van der Waals surface area contributed by atoms with Crippen LogP contribution in [0.5, 0.6) is 0 Å². The highest BCUT2D eigenvalue weighted by molar-refractivity contribution is 8.23.